The molecule has 1 amide bonds. The molecule has 0 spiro atoms. The number of hydrogen-bond donors (Lipinski definition) is 1. The summed E-state index contributed by atoms with van der Waals surface area (Å²) in [6.07, 6.45) is 7.73. The lowest BCUT2D eigenvalue weighted by Gasteiger charge is -2.06. The first-order chi connectivity index (χ1) is 12.3. The zero-order chi connectivity index (χ0) is 18.9. The minimum atomic E-state index is -3.27. The molecule has 0 saturated carbocycles. The summed E-state index contributed by atoms with van der Waals surface area (Å²) in [7, 11) is -1.41. The van der Waals surface area contributed by atoms with Crippen molar-refractivity contribution in [3.63, 3.8) is 0 Å². The lowest BCUT2D eigenvalue weighted by atomic mass is 10.1. The molecule has 26 heavy (non-hydrogen) atoms. The van der Waals surface area contributed by atoms with Crippen LogP contribution in [0.2, 0.25) is 0 Å². The van der Waals surface area contributed by atoms with E-state index in [1.807, 2.05) is 18.5 Å². The van der Waals surface area contributed by atoms with Gasteiger partial charge in [-0.25, -0.2) is 18.4 Å². The summed E-state index contributed by atoms with van der Waals surface area (Å²) >= 11 is 0. The number of carbonyl (C=O) groups excluding carboxylic acids is 1. The van der Waals surface area contributed by atoms with Gasteiger partial charge in [0.25, 0.3) is 5.91 Å². The highest BCUT2D eigenvalue weighted by molar-refractivity contribution is 7.90. The quantitative estimate of drug-likeness (QED) is 0.761. The molecule has 8 heteroatoms. The number of carbonyl (C=O) groups is 1. The van der Waals surface area contributed by atoms with E-state index in [1.54, 1.807) is 30.7 Å². The molecule has 0 unspecified atom stereocenters. The number of nitrogens with zero attached hydrogens (tertiary/aromatic N) is 3. The molecule has 134 valence electrons. The lowest BCUT2D eigenvalue weighted by molar-refractivity contribution is 0.102. The predicted octanol–water partition coefficient (Wildman–Crippen LogP) is 2.45. The number of sulfone groups is 1. The average Bonchev–Trinajstić information content (AvgIpc) is 2.90. The van der Waals surface area contributed by atoms with Crippen LogP contribution in [0, 0.1) is 6.92 Å². The van der Waals surface area contributed by atoms with Gasteiger partial charge in [-0.1, -0.05) is 0 Å². The van der Waals surface area contributed by atoms with Crippen molar-refractivity contribution in [3.8, 4) is 11.3 Å². The average molecular weight is 370 g/mol. The fraction of sp³-hybridized carbons (Fsp3) is 0.167. The summed E-state index contributed by atoms with van der Waals surface area (Å²) in [5.74, 6) is -0.270. The normalized spacial score (nSPS) is 11.3. The van der Waals surface area contributed by atoms with Gasteiger partial charge < -0.3 is 9.88 Å². The number of anilines is 1. The van der Waals surface area contributed by atoms with Crippen molar-refractivity contribution in [1.29, 1.82) is 0 Å². The Morgan fingerprint density at radius 3 is 2.31 bits per heavy atom. The highest BCUT2D eigenvalue weighted by Gasteiger charge is 2.18. The van der Waals surface area contributed by atoms with Crippen LogP contribution in [0.1, 0.15) is 15.9 Å². The first-order valence-electron chi connectivity index (χ1n) is 7.80. The Morgan fingerprint density at radius 2 is 1.73 bits per heavy atom. The van der Waals surface area contributed by atoms with Crippen LogP contribution >= 0.6 is 0 Å². The lowest BCUT2D eigenvalue weighted by Crippen LogP contribution is -2.12. The van der Waals surface area contributed by atoms with Gasteiger partial charge in [-0.05, 0) is 36.8 Å². The van der Waals surface area contributed by atoms with Crippen molar-refractivity contribution in [2.45, 2.75) is 11.8 Å². The number of nitrogens with one attached hydrogen (secondary N) is 1. The smallest absolute Gasteiger partial charge is 0.257 e. The van der Waals surface area contributed by atoms with Crippen molar-refractivity contribution in [3.05, 3.63) is 60.3 Å². The molecule has 2 aromatic heterocycles. The molecule has 0 fully saturated rings. The number of amides is 1. The van der Waals surface area contributed by atoms with E-state index in [2.05, 4.69) is 15.3 Å². The van der Waals surface area contributed by atoms with Crippen LogP contribution in [0.5, 0.6) is 0 Å². The molecule has 0 aliphatic rings. The predicted molar refractivity (Wildman–Crippen MR) is 98.7 cm³/mol. The molecule has 2 heterocycles. The maximum absolute atomic E-state index is 12.6. The van der Waals surface area contributed by atoms with Crippen LogP contribution in [0.3, 0.4) is 0 Å². The Morgan fingerprint density at radius 1 is 1.12 bits per heavy atom. The third kappa shape index (κ3) is 3.50. The number of benzene rings is 1. The molecule has 0 aliphatic carbocycles. The van der Waals surface area contributed by atoms with Crippen LogP contribution in [0.15, 0.2) is 54.1 Å². The molecule has 0 saturated heterocycles. The van der Waals surface area contributed by atoms with Crippen LogP contribution in [-0.2, 0) is 16.9 Å². The first kappa shape index (κ1) is 17.8. The molecular formula is C18H18N4O3S. The number of rotatable bonds is 4. The summed E-state index contributed by atoms with van der Waals surface area (Å²) in [5.41, 5.74) is 3.55. The fourth-order valence-electron chi connectivity index (χ4n) is 2.80. The molecule has 0 radical (unpaired) electrons. The van der Waals surface area contributed by atoms with E-state index in [9.17, 15) is 13.2 Å². The molecule has 1 N–H and O–H groups in total. The molecule has 0 aliphatic heterocycles. The summed E-state index contributed by atoms with van der Waals surface area (Å²) in [6.45, 7) is 1.87. The van der Waals surface area contributed by atoms with E-state index >= 15 is 0 Å². The topological polar surface area (TPSA) is 94.0 Å². The van der Waals surface area contributed by atoms with Crippen LogP contribution in [0.4, 0.5) is 5.69 Å². The zero-order valence-corrected chi connectivity index (χ0v) is 15.4. The van der Waals surface area contributed by atoms with E-state index in [0.717, 1.165) is 23.1 Å². The van der Waals surface area contributed by atoms with Crippen molar-refractivity contribution >= 4 is 21.4 Å². The van der Waals surface area contributed by atoms with Gasteiger partial charge in [-0.3, -0.25) is 4.79 Å². The van der Waals surface area contributed by atoms with Crippen molar-refractivity contribution in [1.82, 2.24) is 14.5 Å². The second kappa shape index (κ2) is 6.72. The number of aryl methyl sites for hydroxylation is 1. The van der Waals surface area contributed by atoms with Crippen molar-refractivity contribution in [2.24, 2.45) is 7.05 Å². The molecule has 3 aromatic rings. The van der Waals surface area contributed by atoms with Crippen LogP contribution in [0.25, 0.3) is 11.3 Å². The van der Waals surface area contributed by atoms with Crippen molar-refractivity contribution in [2.75, 3.05) is 11.6 Å². The molecule has 1 aromatic carbocycles. The van der Waals surface area contributed by atoms with Crippen molar-refractivity contribution < 1.29 is 13.2 Å². The van der Waals surface area contributed by atoms with Crippen LogP contribution in [-0.4, -0.2) is 35.1 Å². The molecule has 0 atom stereocenters. The largest absolute Gasteiger partial charge is 0.349 e. The van der Waals surface area contributed by atoms with Gasteiger partial charge in [0.2, 0.25) is 0 Å². The standard InChI is InChI=1S/C18H18N4O3S/c1-12-16(10-22(2)17(12)13-8-19-11-20-9-13)18(23)21-14-4-6-15(7-5-14)26(3,24)25/h4-11H,1-3H3,(H,21,23). The Balaban J connectivity index is 1.87. The van der Waals surface area contributed by atoms with Gasteiger partial charge in [0.05, 0.1) is 16.2 Å². The first-order valence-corrected chi connectivity index (χ1v) is 9.69. The van der Waals surface area contributed by atoms with Gasteiger partial charge in [-0.2, -0.15) is 0 Å². The Bertz CT molecular complexity index is 1060. The molecule has 3 rings (SSSR count). The Labute approximate surface area is 151 Å². The Hall–Kier alpha value is -3.00. The third-order valence-electron chi connectivity index (χ3n) is 4.05. The minimum absolute atomic E-state index is 0.206. The third-order valence-corrected chi connectivity index (χ3v) is 5.18. The highest BCUT2D eigenvalue weighted by atomic mass is 32.2. The monoisotopic (exact) mass is 370 g/mol. The maximum atomic E-state index is 12.6. The fourth-order valence-corrected chi connectivity index (χ4v) is 3.43. The Kier molecular flexibility index (Phi) is 4.60. The SMILES string of the molecule is Cc1c(C(=O)Nc2ccc(S(C)(=O)=O)cc2)cn(C)c1-c1cncnc1. The van der Waals surface area contributed by atoms with Gasteiger partial charge in [0.15, 0.2) is 9.84 Å². The summed E-state index contributed by atoms with van der Waals surface area (Å²) < 4.78 is 24.9. The minimum Gasteiger partial charge on any atom is -0.349 e. The summed E-state index contributed by atoms with van der Waals surface area (Å²) in [4.78, 5) is 20.9. The van der Waals surface area contributed by atoms with E-state index in [4.69, 9.17) is 0 Å². The molecule has 7 nitrogen and oxygen atoms in total. The zero-order valence-electron chi connectivity index (χ0n) is 14.6. The highest BCUT2D eigenvalue weighted by Crippen LogP contribution is 2.26. The van der Waals surface area contributed by atoms with E-state index in [1.165, 1.54) is 18.5 Å². The number of hydrogen-bond acceptors (Lipinski definition) is 5. The van der Waals surface area contributed by atoms with Gasteiger partial charge in [-0.15, -0.1) is 0 Å². The maximum Gasteiger partial charge on any atom is 0.257 e. The molecular weight excluding hydrogens is 352 g/mol. The van der Waals surface area contributed by atoms with E-state index in [-0.39, 0.29) is 10.8 Å². The molecule has 0 bridgehead atoms. The van der Waals surface area contributed by atoms with Gasteiger partial charge in [0, 0.05) is 43.1 Å². The van der Waals surface area contributed by atoms with Gasteiger partial charge in [0.1, 0.15) is 6.33 Å². The second-order valence-corrected chi connectivity index (χ2v) is 8.02. The van der Waals surface area contributed by atoms with Gasteiger partial charge >= 0.3 is 0 Å². The van der Waals surface area contributed by atoms with E-state index in [0.29, 0.717) is 11.3 Å². The summed E-state index contributed by atoms with van der Waals surface area (Å²) in [6, 6.07) is 6.07. The number of aromatic nitrogens is 3. The van der Waals surface area contributed by atoms with Crippen LogP contribution < -0.4 is 5.32 Å². The van der Waals surface area contributed by atoms with E-state index < -0.39 is 9.84 Å². The second-order valence-electron chi connectivity index (χ2n) is 6.01. The summed E-state index contributed by atoms with van der Waals surface area (Å²) in [5, 5.41) is 2.79.